The standard InChI is InChI=1S/C23H28N4O4/c1-28-8-4-10-30-20-13-16-12-19-22(18(16)14-21(20)31-11-5-9-29-2)26-27-23(19)25-17-6-3-7-24-15-17/h3,6-7,13-15H,4-5,8-12H2,1-2H3,(H2,25,26,27). The van der Waals surface area contributed by atoms with E-state index in [0.717, 1.165) is 59.1 Å². The molecule has 1 aliphatic rings. The molecule has 31 heavy (non-hydrogen) atoms. The zero-order valence-electron chi connectivity index (χ0n) is 17.9. The maximum absolute atomic E-state index is 6.04. The van der Waals surface area contributed by atoms with Gasteiger partial charge >= 0.3 is 0 Å². The van der Waals surface area contributed by atoms with Crippen molar-refractivity contribution in [3.63, 3.8) is 0 Å². The summed E-state index contributed by atoms with van der Waals surface area (Å²) in [6.07, 6.45) is 5.93. The van der Waals surface area contributed by atoms with Crippen molar-refractivity contribution in [1.82, 2.24) is 15.2 Å². The lowest BCUT2D eigenvalue weighted by Gasteiger charge is -2.15. The lowest BCUT2D eigenvalue weighted by Crippen LogP contribution is -2.06. The molecule has 164 valence electrons. The summed E-state index contributed by atoms with van der Waals surface area (Å²) in [4.78, 5) is 4.16. The molecule has 0 saturated heterocycles. The van der Waals surface area contributed by atoms with Crippen LogP contribution in [0.15, 0.2) is 36.7 Å². The highest BCUT2D eigenvalue weighted by atomic mass is 16.5. The summed E-state index contributed by atoms with van der Waals surface area (Å²) in [6, 6.07) is 7.98. The van der Waals surface area contributed by atoms with Crippen LogP contribution in [-0.4, -0.2) is 55.8 Å². The fraction of sp³-hybridized carbons (Fsp3) is 0.391. The van der Waals surface area contributed by atoms with E-state index in [0.29, 0.717) is 26.4 Å². The predicted molar refractivity (Wildman–Crippen MR) is 118 cm³/mol. The Labute approximate surface area is 181 Å². The molecule has 0 unspecified atom stereocenters. The molecule has 0 atom stereocenters. The molecule has 8 heteroatoms. The fourth-order valence-corrected chi connectivity index (χ4v) is 3.60. The van der Waals surface area contributed by atoms with Gasteiger partial charge in [-0.3, -0.25) is 10.1 Å². The number of aromatic nitrogens is 3. The van der Waals surface area contributed by atoms with Crippen LogP contribution < -0.4 is 14.8 Å². The summed E-state index contributed by atoms with van der Waals surface area (Å²) in [5.74, 6) is 2.36. The Morgan fingerprint density at radius 1 is 1.00 bits per heavy atom. The van der Waals surface area contributed by atoms with Crippen molar-refractivity contribution in [2.75, 3.05) is 46.0 Å². The Morgan fingerprint density at radius 2 is 1.74 bits per heavy atom. The Balaban J connectivity index is 1.55. The Bertz CT molecular complexity index is 991. The van der Waals surface area contributed by atoms with Gasteiger partial charge < -0.3 is 24.3 Å². The summed E-state index contributed by atoms with van der Waals surface area (Å²) >= 11 is 0. The van der Waals surface area contributed by atoms with Crippen LogP contribution in [0.25, 0.3) is 11.3 Å². The van der Waals surface area contributed by atoms with Gasteiger partial charge in [0.25, 0.3) is 0 Å². The van der Waals surface area contributed by atoms with Crippen molar-refractivity contribution < 1.29 is 18.9 Å². The average Bonchev–Trinajstić information content (AvgIpc) is 3.34. The number of H-pyrrole nitrogens is 1. The molecule has 2 N–H and O–H groups in total. The monoisotopic (exact) mass is 424 g/mol. The zero-order chi connectivity index (χ0) is 21.5. The minimum Gasteiger partial charge on any atom is -0.490 e. The molecule has 4 rings (SSSR count). The lowest BCUT2D eigenvalue weighted by atomic mass is 10.1. The van der Waals surface area contributed by atoms with Gasteiger partial charge in [0.15, 0.2) is 11.5 Å². The second-order valence-corrected chi connectivity index (χ2v) is 7.31. The van der Waals surface area contributed by atoms with E-state index in [1.165, 1.54) is 5.56 Å². The number of hydrogen-bond donors (Lipinski definition) is 2. The quantitative estimate of drug-likeness (QED) is 0.333. The summed E-state index contributed by atoms with van der Waals surface area (Å²) in [5.41, 5.74) is 5.22. The van der Waals surface area contributed by atoms with Gasteiger partial charge in [-0.2, -0.15) is 5.10 Å². The Hall–Kier alpha value is -3.10. The molecule has 3 aromatic rings. The third-order valence-electron chi connectivity index (χ3n) is 5.09. The first-order valence-electron chi connectivity index (χ1n) is 10.4. The van der Waals surface area contributed by atoms with Crippen LogP contribution in [0.2, 0.25) is 0 Å². The number of benzene rings is 1. The molecule has 0 bridgehead atoms. The Kier molecular flexibility index (Phi) is 7.01. The number of nitrogens with one attached hydrogen (secondary N) is 2. The largest absolute Gasteiger partial charge is 0.490 e. The van der Waals surface area contributed by atoms with Crippen LogP contribution in [0, 0.1) is 0 Å². The van der Waals surface area contributed by atoms with Crippen LogP contribution in [0.4, 0.5) is 11.5 Å². The predicted octanol–water partition coefficient (Wildman–Crippen LogP) is 3.95. The minimum atomic E-state index is 0.558. The van der Waals surface area contributed by atoms with E-state index in [4.69, 9.17) is 18.9 Å². The van der Waals surface area contributed by atoms with E-state index in [1.54, 1.807) is 26.6 Å². The van der Waals surface area contributed by atoms with E-state index in [9.17, 15) is 0 Å². The third-order valence-corrected chi connectivity index (χ3v) is 5.09. The van der Waals surface area contributed by atoms with Gasteiger partial charge in [0.1, 0.15) is 5.82 Å². The highest BCUT2D eigenvalue weighted by Gasteiger charge is 2.27. The van der Waals surface area contributed by atoms with Crippen molar-refractivity contribution in [2.45, 2.75) is 19.3 Å². The summed E-state index contributed by atoms with van der Waals surface area (Å²) in [5, 5.41) is 11.1. The highest BCUT2D eigenvalue weighted by Crippen LogP contribution is 2.44. The molecule has 0 aliphatic heterocycles. The van der Waals surface area contributed by atoms with Crippen molar-refractivity contribution in [2.24, 2.45) is 0 Å². The van der Waals surface area contributed by atoms with Crippen LogP contribution in [-0.2, 0) is 15.9 Å². The van der Waals surface area contributed by atoms with E-state index < -0.39 is 0 Å². The number of pyridine rings is 1. The number of ether oxygens (including phenoxy) is 4. The number of anilines is 2. The normalized spacial score (nSPS) is 11.8. The first kappa shape index (κ1) is 21.1. The number of rotatable bonds is 12. The molecule has 0 fully saturated rings. The van der Waals surface area contributed by atoms with Gasteiger partial charge in [0.05, 0.1) is 30.8 Å². The molecular weight excluding hydrogens is 396 g/mol. The highest BCUT2D eigenvalue weighted by molar-refractivity contribution is 5.81. The molecule has 0 radical (unpaired) electrons. The lowest BCUT2D eigenvalue weighted by molar-refractivity contribution is 0.163. The van der Waals surface area contributed by atoms with E-state index in [2.05, 4.69) is 26.6 Å². The summed E-state index contributed by atoms with van der Waals surface area (Å²) < 4.78 is 22.3. The molecule has 0 amide bonds. The maximum atomic E-state index is 6.04. The van der Waals surface area contributed by atoms with Gasteiger partial charge in [-0.1, -0.05) is 0 Å². The first-order valence-corrected chi connectivity index (χ1v) is 10.4. The van der Waals surface area contributed by atoms with Gasteiger partial charge in [0, 0.05) is 64.0 Å². The van der Waals surface area contributed by atoms with Gasteiger partial charge in [-0.25, -0.2) is 0 Å². The third kappa shape index (κ3) is 4.98. The molecule has 0 saturated carbocycles. The smallest absolute Gasteiger partial charge is 0.161 e. The first-order chi connectivity index (χ1) is 15.3. The van der Waals surface area contributed by atoms with Gasteiger partial charge in [-0.05, 0) is 29.8 Å². The molecule has 1 aliphatic carbocycles. The number of fused-ring (bicyclic) bond motifs is 3. The zero-order valence-corrected chi connectivity index (χ0v) is 17.9. The molecule has 8 nitrogen and oxygen atoms in total. The summed E-state index contributed by atoms with van der Waals surface area (Å²) in [7, 11) is 3.38. The van der Waals surface area contributed by atoms with E-state index in [-0.39, 0.29) is 0 Å². The van der Waals surface area contributed by atoms with Crippen LogP contribution in [0.3, 0.4) is 0 Å². The molecule has 2 aromatic heterocycles. The molecule has 0 spiro atoms. The molecule has 2 heterocycles. The molecular formula is C23H28N4O4. The van der Waals surface area contributed by atoms with E-state index >= 15 is 0 Å². The van der Waals surface area contributed by atoms with Crippen LogP contribution in [0.5, 0.6) is 11.5 Å². The molecule has 1 aromatic carbocycles. The number of nitrogens with zero attached hydrogens (tertiary/aromatic N) is 2. The average molecular weight is 425 g/mol. The number of aromatic amines is 1. The number of hydrogen-bond acceptors (Lipinski definition) is 7. The van der Waals surface area contributed by atoms with E-state index in [1.807, 2.05) is 18.2 Å². The topological polar surface area (TPSA) is 90.5 Å². The van der Waals surface area contributed by atoms with Gasteiger partial charge in [-0.15, -0.1) is 0 Å². The fourth-order valence-electron chi connectivity index (χ4n) is 3.60. The van der Waals surface area contributed by atoms with Crippen LogP contribution >= 0.6 is 0 Å². The maximum Gasteiger partial charge on any atom is 0.161 e. The van der Waals surface area contributed by atoms with Crippen molar-refractivity contribution in [1.29, 1.82) is 0 Å². The number of methoxy groups -OCH3 is 2. The van der Waals surface area contributed by atoms with Gasteiger partial charge in [0.2, 0.25) is 0 Å². The van der Waals surface area contributed by atoms with Crippen LogP contribution in [0.1, 0.15) is 24.0 Å². The van der Waals surface area contributed by atoms with Crippen molar-refractivity contribution >= 4 is 11.5 Å². The second kappa shape index (κ2) is 10.3. The van der Waals surface area contributed by atoms with Crippen molar-refractivity contribution in [3.05, 3.63) is 47.8 Å². The SMILES string of the molecule is COCCCOc1cc2c(cc1OCCCOC)-c1n[nH]c(Nc3cccnc3)c1C2. The second-order valence-electron chi connectivity index (χ2n) is 7.31. The minimum absolute atomic E-state index is 0.558. The van der Waals surface area contributed by atoms with Crippen molar-refractivity contribution in [3.8, 4) is 22.8 Å². The summed E-state index contributed by atoms with van der Waals surface area (Å²) in [6.45, 7) is 2.44. The Morgan fingerprint density at radius 3 is 2.42 bits per heavy atom.